The van der Waals surface area contributed by atoms with Crippen LogP contribution in [0.5, 0.6) is 11.5 Å². The summed E-state index contributed by atoms with van der Waals surface area (Å²) < 4.78 is 17.0. The summed E-state index contributed by atoms with van der Waals surface area (Å²) >= 11 is 0. The van der Waals surface area contributed by atoms with Crippen molar-refractivity contribution in [2.45, 2.75) is 57.4 Å². The van der Waals surface area contributed by atoms with Crippen LogP contribution in [0.4, 0.5) is 0 Å². The zero-order valence-electron chi connectivity index (χ0n) is 18.9. The first-order valence-corrected chi connectivity index (χ1v) is 11.8. The number of fused-ring (bicyclic) bond motifs is 3. The molecule has 2 aliphatic heterocycles. The molecule has 0 amide bonds. The van der Waals surface area contributed by atoms with Crippen LogP contribution in [0.25, 0.3) is 5.70 Å². The van der Waals surface area contributed by atoms with E-state index in [1.54, 1.807) is 7.11 Å². The van der Waals surface area contributed by atoms with E-state index in [-0.39, 0.29) is 0 Å². The van der Waals surface area contributed by atoms with Crippen molar-refractivity contribution in [2.75, 3.05) is 46.6 Å². The van der Waals surface area contributed by atoms with E-state index >= 15 is 0 Å². The second-order valence-corrected chi connectivity index (χ2v) is 8.69. The first kappa shape index (κ1) is 22.0. The number of allylic oxidation sites excluding steroid dienone is 1. The fraction of sp³-hybridized carbons (Fsp3) is 0.640. The fourth-order valence-corrected chi connectivity index (χ4v) is 5.26. The Hall–Kier alpha value is -2.23. The summed E-state index contributed by atoms with van der Waals surface area (Å²) in [4.78, 5) is 2.43. The Labute approximate surface area is 186 Å². The predicted octanol–water partition coefficient (Wildman–Crippen LogP) is 4.07. The monoisotopic (exact) mass is 425 g/mol. The Morgan fingerprint density at radius 2 is 2.03 bits per heavy atom. The van der Waals surface area contributed by atoms with E-state index in [4.69, 9.17) is 14.2 Å². The van der Waals surface area contributed by atoms with Crippen molar-refractivity contribution in [3.63, 3.8) is 0 Å². The summed E-state index contributed by atoms with van der Waals surface area (Å²) in [6.07, 6.45) is 6.57. The average Bonchev–Trinajstić information content (AvgIpc) is 2.82. The normalized spacial score (nSPS) is 24.9. The van der Waals surface area contributed by atoms with Gasteiger partial charge in [-0.1, -0.05) is 12.8 Å². The van der Waals surface area contributed by atoms with E-state index < -0.39 is 0 Å². The summed E-state index contributed by atoms with van der Waals surface area (Å²) in [6.45, 7) is 7.21. The minimum Gasteiger partial charge on any atom is -0.493 e. The van der Waals surface area contributed by atoms with Crippen LogP contribution in [0, 0.1) is 11.3 Å². The molecule has 0 spiro atoms. The van der Waals surface area contributed by atoms with Crippen molar-refractivity contribution in [1.29, 1.82) is 5.26 Å². The van der Waals surface area contributed by atoms with E-state index in [1.807, 2.05) is 6.92 Å². The van der Waals surface area contributed by atoms with E-state index in [9.17, 15) is 5.26 Å². The van der Waals surface area contributed by atoms with Gasteiger partial charge in [0.15, 0.2) is 11.5 Å². The van der Waals surface area contributed by atoms with Gasteiger partial charge in [0, 0.05) is 30.6 Å². The molecular formula is C25H35N3O3. The summed E-state index contributed by atoms with van der Waals surface area (Å²) in [7, 11) is 1.68. The first-order valence-electron chi connectivity index (χ1n) is 11.8. The Balaban J connectivity index is 1.65. The number of hydrogen-bond acceptors (Lipinski definition) is 6. The highest BCUT2D eigenvalue weighted by atomic mass is 16.5. The number of benzene rings is 1. The van der Waals surface area contributed by atoms with E-state index in [0.29, 0.717) is 18.6 Å². The zero-order chi connectivity index (χ0) is 21.6. The van der Waals surface area contributed by atoms with E-state index in [1.165, 1.54) is 24.8 Å². The molecule has 168 valence electrons. The maximum Gasteiger partial charge on any atom is 0.161 e. The molecule has 2 unspecified atom stereocenters. The van der Waals surface area contributed by atoms with Gasteiger partial charge in [-0.15, -0.1) is 0 Å². The molecule has 0 aromatic heterocycles. The number of methoxy groups -OCH3 is 1. The number of rotatable bonds is 7. The van der Waals surface area contributed by atoms with Gasteiger partial charge < -0.3 is 19.5 Å². The molecule has 4 rings (SSSR count). The Morgan fingerprint density at radius 1 is 1.23 bits per heavy atom. The number of nitriles is 1. The van der Waals surface area contributed by atoms with Gasteiger partial charge in [-0.3, -0.25) is 4.90 Å². The molecule has 2 heterocycles. The van der Waals surface area contributed by atoms with Crippen molar-refractivity contribution < 1.29 is 14.2 Å². The largest absolute Gasteiger partial charge is 0.493 e. The Kier molecular flexibility index (Phi) is 7.37. The van der Waals surface area contributed by atoms with Gasteiger partial charge in [-0.05, 0) is 56.8 Å². The molecule has 0 radical (unpaired) electrons. The molecular weight excluding hydrogens is 390 g/mol. The van der Waals surface area contributed by atoms with Crippen molar-refractivity contribution in [3.8, 4) is 17.6 Å². The summed E-state index contributed by atoms with van der Waals surface area (Å²) in [5.74, 6) is 2.01. The number of nitrogens with one attached hydrogen (secondary N) is 1. The maximum atomic E-state index is 10.1. The molecule has 1 aliphatic carbocycles. The lowest BCUT2D eigenvalue weighted by atomic mass is 9.74. The Morgan fingerprint density at radius 3 is 2.77 bits per heavy atom. The van der Waals surface area contributed by atoms with Gasteiger partial charge in [0.2, 0.25) is 0 Å². The van der Waals surface area contributed by atoms with Crippen LogP contribution < -0.4 is 14.8 Å². The SMILES string of the molecule is CCOc1cc2c(cc1OC)/C(=C(/C#N)CCCN1CCOCC1)NC1CCCCC21. The lowest BCUT2D eigenvalue weighted by Gasteiger charge is -2.40. The molecule has 1 aromatic rings. The highest BCUT2D eigenvalue weighted by Crippen LogP contribution is 2.46. The smallest absolute Gasteiger partial charge is 0.161 e. The molecule has 0 bridgehead atoms. The lowest BCUT2D eigenvalue weighted by Crippen LogP contribution is -2.41. The fourth-order valence-electron chi connectivity index (χ4n) is 5.26. The molecule has 3 aliphatic rings. The third-order valence-electron chi connectivity index (χ3n) is 6.84. The van der Waals surface area contributed by atoms with Crippen LogP contribution in [0.15, 0.2) is 17.7 Å². The summed E-state index contributed by atoms with van der Waals surface area (Å²) in [5.41, 5.74) is 4.28. The highest BCUT2D eigenvalue weighted by molar-refractivity contribution is 5.77. The number of nitrogens with zero attached hydrogens (tertiary/aromatic N) is 2. The minimum atomic E-state index is 0.390. The van der Waals surface area contributed by atoms with Crippen LogP contribution in [-0.2, 0) is 4.74 Å². The van der Waals surface area contributed by atoms with Gasteiger partial charge in [-0.25, -0.2) is 0 Å². The van der Waals surface area contributed by atoms with Gasteiger partial charge in [0.1, 0.15) is 0 Å². The third-order valence-corrected chi connectivity index (χ3v) is 6.84. The number of ether oxygens (including phenoxy) is 3. The summed E-state index contributed by atoms with van der Waals surface area (Å²) in [5, 5.41) is 13.8. The van der Waals surface area contributed by atoms with Gasteiger partial charge >= 0.3 is 0 Å². The number of hydrogen-bond donors (Lipinski definition) is 1. The lowest BCUT2D eigenvalue weighted by molar-refractivity contribution is 0.0375. The number of morpholine rings is 1. The van der Waals surface area contributed by atoms with Crippen LogP contribution in [-0.4, -0.2) is 57.5 Å². The molecule has 1 aromatic carbocycles. The maximum absolute atomic E-state index is 10.1. The van der Waals surface area contributed by atoms with Crippen LogP contribution >= 0.6 is 0 Å². The molecule has 2 atom stereocenters. The molecule has 6 nitrogen and oxygen atoms in total. The van der Waals surface area contributed by atoms with Crippen LogP contribution in [0.1, 0.15) is 62.5 Å². The van der Waals surface area contributed by atoms with Gasteiger partial charge in [0.25, 0.3) is 0 Å². The molecule has 6 heteroatoms. The highest BCUT2D eigenvalue weighted by Gasteiger charge is 2.35. The predicted molar refractivity (Wildman–Crippen MR) is 121 cm³/mol. The topological polar surface area (TPSA) is 66.8 Å². The second-order valence-electron chi connectivity index (χ2n) is 8.69. The molecule has 2 fully saturated rings. The first-order chi connectivity index (χ1) is 15.2. The second kappa shape index (κ2) is 10.4. The average molecular weight is 426 g/mol. The standard InChI is InChI=1S/C25H35N3O3/c1-3-31-24-15-20-19-8-4-5-9-22(19)27-25(21(20)16-23(24)29-2)18(17-26)7-6-10-28-11-13-30-14-12-28/h15-16,19,22,27H,3-14H2,1-2H3/b25-18-. The molecule has 1 saturated carbocycles. The molecule has 31 heavy (non-hydrogen) atoms. The summed E-state index contributed by atoms with van der Waals surface area (Å²) in [6, 6.07) is 7.16. The Bertz CT molecular complexity index is 839. The van der Waals surface area contributed by atoms with Gasteiger partial charge in [-0.2, -0.15) is 5.26 Å². The van der Waals surface area contributed by atoms with Crippen molar-refractivity contribution >= 4 is 5.70 Å². The van der Waals surface area contributed by atoms with E-state index in [2.05, 4.69) is 28.4 Å². The van der Waals surface area contributed by atoms with Crippen molar-refractivity contribution in [2.24, 2.45) is 0 Å². The minimum absolute atomic E-state index is 0.390. The van der Waals surface area contributed by atoms with Crippen molar-refractivity contribution in [1.82, 2.24) is 10.2 Å². The van der Waals surface area contributed by atoms with Crippen LogP contribution in [0.2, 0.25) is 0 Å². The quantitative estimate of drug-likeness (QED) is 0.665. The molecule has 1 N–H and O–H groups in total. The third kappa shape index (κ3) is 4.83. The van der Waals surface area contributed by atoms with Gasteiger partial charge in [0.05, 0.1) is 44.3 Å². The van der Waals surface area contributed by atoms with Crippen LogP contribution in [0.3, 0.4) is 0 Å². The van der Waals surface area contributed by atoms with E-state index in [0.717, 1.165) is 80.4 Å². The zero-order valence-corrected chi connectivity index (χ0v) is 18.9. The molecule has 1 saturated heterocycles. The van der Waals surface area contributed by atoms with Crippen molar-refractivity contribution in [3.05, 3.63) is 28.8 Å².